The van der Waals surface area contributed by atoms with E-state index in [1.165, 1.54) is 11.1 Å². The van der Waals surface area contributed by atoms with Crippen molar-refractivity contribution >= 4 is 57.4 Å². The van der Waals surface area contributed by atoms with Gasteiger partial charge in [0.25, 0.3) is 0 Å². The van der Waals surface area contributed by atoms with Gasteiger partial charge >= 0.3 is 0 Å². The van der Waals surface area contributed by atoms with E-state index in [1.807, 2.05) is 74.8 Å². The molecule has 0 atom stereocenters. The van der Waals surface area contributed by atoms with Gasteiger partial charge in [-0.25, -0.2) is 9.36 Å². The van der Waals surface area contributed by atoms with E-state index in [4.69, 9.17) is 24.4 Å². The van der Waals surface area contributed by atoms with E-state index in [2.05, 4.69) is 31.5 Å². The topological polar surface area (TPSA) is 83.8 Å². The first-order valence-electron chi connectivity index (χ1n) is 10.3. The fourth-order valence-electron chi connectivity index (χ4n) is 3.02. The van der Waals surface area contributed by atoms with Gasteiger partial charge in [0.2, 0.25) is 0 Å². The molecule has 2 aromatic carbocycles. The fraction of sp³-hybridized carbons (Fsp3) is 0.130. The van der Waals surface area contributed by atoms with Crippen LogP contribution in [-0.4, -0.2) is 29.8 Å². The van der Waals surface area contributed by atoms with Gasteiger partial charge in [-0.15, -0.1) is 0 Å². The highest BCUT2D eigenvalue weighted by atomic mass is 32.1. The van der Waals surface area contributed by atoms with Gasteiger partial charge in [0.15, 0.2) is 10.2 Å². The van der Waals surface area contributed by atoms with Crippen LogP contribution >= 0.6 is 24.4 Å². The number of anilines is 4. The van der Waals surface area contributed by atoms with Gasteiger partial charge in [0.05, 0.1) is 36.2 Å². The Hall–Kier alpha value is -3.76. The lowest BCUT2D eigenvalue weighted by molar-refractivity contribution is 0.503. The third-order valence-electron chi connectivity index (χ3n) is 4.69. The van der Waals surface area contributed by atoms with Crippen LogP contribution in [0.2, 0.25) is 0 Å². The van der Waals surface area contributed by atoms with Crippen molar-refractivity contribution < 1.29 is 0 Å². The van der Waals surface area contributed by atoms with Crippen LogP contribution in [0.25, 0.3) is 0 Å². The zero-order valence-electron chi connectivity index (χ0n) is 18.2. The van der Waals surface area contributed by atoms with Crippen molar-refractivity contribution in [1.29, 1.82) is 0 Å². The Bertz CT molecular complexity index is 1140. The summed E-state index contributed by atoms with van der Waals surface area (Å²) in [7, 11) is 0. The zero-order valence-corrected chi connectivity index (χ0v) is 19.9. The van der Waals surface area contributed by atoms with Gasteiger partial charge in [-0.2, -0.15) is 10.2 Å². The van der Waals surface area contributed by atoms with Crippen LogP contribution < -0.4 is 21.3 Å². The number of aryl methyl sites for hydroxylation is 2. The molecule has 0 aliphatic rings. The average Bonchev–Trinajstić information content (AvgIpc) is 3.40. The Morgan fingerprint density at radius 3 is 1.39 bits per heavy atom. The number of hydrogen-bond donors (Lipinski definition) is 4. The molecule has 168 valence electrons. The molecule has 4 aromatic rings. The van der Waals surface area contributed by atoms with Crippen LogP contribution in [0, 0.1) is 13.8 Å². The quantitative estimate of drug-likeness (QED) is 0.295. The Kier molecular flexibility index (Phi) is 6.96. The van der Waals surface area contributed by atoms with Crippen LogP contribution in [0.1, 0.15) is 11.1 Å². The van der Waals surface area contributed by atoms with Gasteiger partial charge in [-0.1, -0.05) is 35.4 Å². The summed E-state index contributed by atoms with van der Waals surface area (Å²) in [5, 5.41) is 22.3. The molecule has 33 heavy (non-hydrogen) atoms. The van der Waals surface area contributed by atoms with Gasteiger partial charge in [-0.05, 0) is 62.5 Å². The van der Waals surface area contributed by atoms with Crippen LogP contribution in [0.15, 0.2) is 73.3 Å². The summed E-state index contributed by atoms with van der Waals surface area (Å²) < 4.78 is 3.52. The van der Waals surface area contributed by atoms with E-state index in [-0.39, 0.29) is 0 Å². The van der Waals surface area contributed by atoms with Gasteiger partial charge in [0.1, 0.15) is 6.67 Å². The second kappa shape index (κ2) is 10.2. The second-order valence-corrected chi connectivity index (χ2v) is 8.39. The predicted octanol–water partition coefficient (Wildman–Crippen LogP) is 4.82. The molecule has 0 bridgehead atoms. The third kappa shape index (κ3) is 6.61. The molecule has 2 aromatic heterocycles. The molecule has 0 saturated carbocycles. The first-order chi connectivity index (χ1) is 15.9. The lowest BCUT2D eigenvalue weighted by Gasteiger charge is -2.09. The molecule has 4 N–H and O–H groups in total. The highest BCUT2D eigenvalue weighted by Gasteiger charge is 2.05. The Morgan fingerprint density at radius 1 is 0.636 bits per heavy atom. The minimum absolute atomic E-state index is 0.444. The van der Waals surface area contributed by atoms with E-state index in [1.54, 1.807) is 21.8 Å². The lowest BCUT2D eigenvalue weighted by Crippen LogP contribution is -2.19. The molecule has 10 heteroatoms. The summed E-state index contributed by atoms with van der Waals surface area (Å²) in [6.07, 6.45) is 7.15. The molecule has 0 fully saturated rings. The molecular weight excluding hydrogens is 452 g/mol. The van der Waals surface area contributed by atoms with E-state index in [0.29, 0.717) is 16.9 Å². The van der Waals surface area contributed by atoms with Crippen molar-refractivity contribution in [3.8, 4) is 0 Å². The number of hydrogen-bond acceptors (Lipinski definition) is 4. The molecule has 0 radical (unpaired) electrons. The highest BCUT2D eigenvalue weighted by Crippen LogP contribution is 2.13. The first kappa shape index (κ1) is 22.4. The molecular formula is C23H24N8S2. The van der Waals surface area contributed by atoms with Crippen LogP contribution in [0.5, 0.6) is 0 Å². The third-order valence-corrected chi connectivity index (χ3v) is 5.10. The highest BCUT2D eigenvalue weighted by molar-refractivity contribution is 7.81. The van der Waals surface area contributed by atoms with Gasteiger partial charge in [-0.3, -0.25) is 0 Å². The Balaban J connectivity index is 1.27. The molecule has 0 unspecified atom stereocenters. The molecule has 8 nitrogen and oxygen atoms in total. The minimum Gasteiger partial charge on any atom is -0.332 e. The summed E-state index contributed by atoms with van der Waals surface area (Å²) in [6.45, 7) is 4.54. The van der Waals surface area contributed by atoms with Crippen LogP contribution in [-0.2, 0) is 6.67 Å². The summed E-state index contributed by atoms with van der Waals surface area (Å²) >= 11 is 10.8. The van der Waals surface area contributed by atoms with Crippen molar-refractivity contribution in [3.05, 3.63) is 84.4 Å². The normalized spacial score (nSPS) is 10.5. The van der Waals surface area contributed by atoms with Crippen molar-refractivity contribution in [2.45, 2.75) is 20.5 Å². The predicted molar refractivity (Wildman–Crippen MR) is 142 cm³/mol. The van der Waals surface area contributed by atoms with Crippen LogP contribution in [0.4, 0.5) is 22.7 Å². The van der Waals surface area contributed by atoms with Gasteiger partial charge in [0, 0.05) is 11.4 Å². The van der Waals surface area contributed by atoms with E-state index in [0.717, 1.165) is 22.7 Å². The molecule has 0 spiro atoms. The van der Waals surface area contributed by atoms with Crippen molar-refractivity contribution in [3.63, 3.8) is 0 Å². The average molecular weight is 477 g/mol. The SMILES string of the molecule is Cc1ccc(NC(=S)Nc2cnn(Cn3cc(NC(=S)Nc4ccc(C)cc4)cn3)c2)cc1. The number of nitrogens with zero attached hydrogens (tertiary/aromatic N) is 4. The first-order valence-corrected chi connectivity index (χ1v) is 11.1. The molecule has 4 rings (SSSR count). The number of nitrogens with one attached hydrogen (secondary N) is 4. The monoisotopic (exact) mass is 476 g/mol. The number of thiocarbonyl (C=S) groups is 2. The second-order valence-electron chi connectivity index (χ2n) is 7.57. The van der Waals surface area contributed by atoms with Crippen molar-refractivity contribution in [2.24, 2.45) is 0 Å². The van der Waals surface area contributed by atoms with Crippen LogP contribution in [0.3, 0.4) is 0 Å². The van der Waals surface area contributed by atoms with E-state index >= 15 is 0 Å². The minimum atomic E-state index is 0.444. The smallest absolute Gasteiger partial charge is 0.175 e. The fourth-order valence-corrected chi connectivity index (χ4v) is 3.49. The molecule has 0 aliphatic heterocycles. The summed E-state index contributed by atoms with van der Waals surface area (Å²) in [5.74, 6) is 0. The number of rotatable bonds is 6. The van der Waals surface area contributed by atoms with E-state index in [9.17, 15) is 0 Å². The lowest BCUT2D eigenvalue weighted by atomic mass is 10.2. The van der Waals surface area contributed by atoms with Gasteiger partial charge < -0.3 is 21.3 Å². The Morgan fingerprint density at radius 2 is 1.00 bits per heavy atom. The van der Waals surface area contributed by atoms with E-state index < -0.39 is 0 Å². The maximum atomic E-state index is 5.38. The maximum absolute atomic E-state index is 5.38. The Labute approximate surface area is 203 Å². The molecule has 0 amide bonds. The number of aromatic nitrogens is 4. The standard InChI is InChI=1S/C23H24N8S2/c1-16-3-7-18(8-4-16)26-22(32)28-20-11-24-30(13-20)15-31-14-21(12-25-31)29-23(33)27-19-9-5-17(2)6-10-19/h3-14H,15H2,1-2H3,(H2,26,28,32)(H2,27,29,33). The van der Waals surface area contributed by atoms with Crippen molar-refractivity contribution in [1.82, 2.24) is 19.6 Å². The summed E-state index contributed by atoms with van der Waals surface area (Å²) in [6, 6.07) is 16.1. The van der Waals surface area contributed by atoms with Crippen molar-refractivity contribution in [2.75, 3.05) is 21.3 Å². The maximum Gasteiger partial charge on any atom is 0.175 e. The molecule has 2 heterocycles. The number of benzene rings is 2. The largest absolute Gasteiger partial charge is 0.332 e. The summed E-state index contributed by atoms with van der Waals surface area (Å²) in [5.41, 5.74) is 5.82. The summed E-state index contributed by atoms with van der Waals surface area (Å²) in [4.78, 5) is 0. The molecule has 0 aliphatic carbocycles. The molecule has 0 saturated heterocycles. The zero-order chi connectivity index (χ0) is 23.2.